The topological polar surface area (TPSA) is 93.2 Å². The van der Waals surface area contributed by atoms with Crippen molar-refractivity contribution in [2.45, 2.75) is 19.8 Å². The molecular formula is C12H11IN2O4. The molecule has 0 amide bonds. The van der Waals surface area contributed by atoms with E-state index in [1.807, 2.05) is 35.6 Å². The van der Waals surface area contributed by atoms with Crippen LogP contribution in [-0.4, -0.2) is 17.3 Å². The third-order valence-corrected chi connectivity index (χ3v) is 3.06. The first kappa shape index (κ1) is 15.4. The average molecular weight is 374 g/mol. The van der Waals surface area contributed by atoms with Crippen molar-refractivity contribution >= 4 is 34.1 Å². The van der Waals surface area contributed by atoms with E-state index in [4.69, 9.17) is 10.00 Å². The predicted octanol–water partition coefficient (Wildman–Crippen LogP) is 2.82. The summed E-state index contributed by atoms with van der Waals surface area (Å²) >= 11 is 1.84. The molecule has 1 rings (SSSR count). The molecule has 100 valence electrons. The molecule has 0 aliphatic carbocycles. The second-order valence-electron chi connectivity index (χ2n) is 3.75. The zero-order valence-corrected chi connectivity index (χ0v) is 12.3. The van der Waals surface area contributed by atoms with Crippen molar-refractivity contribution in [3.05, 3.63) is 31.4 Å². The van der Waals surface area contributed by atoms with E-state index in [1.165, 1.54) is 6.07 Å². The van der Waals surface area contributed by atoms with Gasteiger partial charge in [0.2, 0.25) is 5.75 Å². The molecule has 19 heavy (non-hydrogen) atoms. The Bertz CT molecular complexity index is 551. The van der Waals surface area contributed by atoms with Gasteiger partial charge in [0.1, 0.15) is 6.61 Å². The van der Waals surface area contributed by atoms with Gasteiger partial charge in [-0.25, -0.2) is 0 Å². The highest BCUT2D eigenvalue weighted by atomic mass is 127. The lowest BCUT2D eigenvalue weighted by molar-refractivity contribution is -0.385. The van der Waals surface area contributed by atoms with E-state index in [2.05, 4.69) is 0 Å². The molecule has 0 N–H and O–H groups in total. The zero-order valence-electron chi connectivity index (χ0n) is 10.2. The van der Waals surface area contributed by atoms with Crippen molar-refractivity contribution in [1.82, 2.24) is 0 Å². The maximum absolute atomic E-state index is 11.4. The van der Waals surface area contributed by atoms with Crippen molar-refractivity contribution in [2.75, 3.05) is 6.61 Å². The van der Waals surface area contributed by atoms with Crippen molar-refractivity contribution in [1.29, 1.82) is 5.26 Å². The van der Waals surface area contributed by atoms with E-state index in [9.17, 15) is 14.9 Å². The van der Waals surface area contributed by atoms with E-state index in [-0.39, 0.29) is 29.4 Å². The minimum absolute atomic E-state index is 0.0362. The first-order valence-corrected chi connectivity index (χ1v) is 6.60. The van der Waals surface area contributed by atoms with Crippen LogP contribution in [0, 0.1) is 25.0 Å². The minimum Gasteiger partial charge on any atom is -0.478 e. The molecule has 0 unspecified atom stereocenters. The van der Waals surface area contributed by atoms with Gasteiger partial charge in [0, 0.05) is 12.5 Å². The number of halogens is 1. The molecule has 7 heteroatoms. The van der Waals surface area contributed by atoms with Gasteiger partial charge in [0.05, 0.1) is 20.1 Å². The van der Waals surface area contributed by atoms with E-state index in [1.54, 1.807) is 0 Å². The molecule has 0 aliphatic heterocycles. The van der Waals surface area contributed by atoms with Crippen LogP contribution < -0.4 is 4.74 Å². The van der Waals surface area contributed by atoms with Crippen LogP contribution >= 0.6 is 22.6 Å². The van der Waals surface area contributed by atoms with Gasteiger partial charge in [-0.3, -0.25) is 14.9 Å². The van der Waals surface area contributed by atoms with E-state index >= 15 is 0 Å². The Morgan fingerprint density at radius 3 is 2.79 bits per heavy atom. The van der Waals surface area contributed by atoms with Gasteiger partial charge >= 0.3 is 5.69 Å². The van der Waals surface area contributed by atoms with Gasteiger partial charge in [0.15, 0.2) is 5.78 Å². The Morgan fingerprint density at radius 1 is 1.58 bits per heavy atom. The highest BCUT2D eigenvalue weighted by molar-refractivity contribution is 14.1. The van der Waals surface area contributed by atoms with Crippen LogP contribution in [0.1, 0.15) is 25.3 Å². The number of ether oxygens (including phenoxy) is 1. The van der Waals surface area contributed by atoms with Crippen LogP contribution in [0.5, 0.6) is 5.75 Å². The highest BCUT2D eigenvalue weighted by Crippen LogP contribution is 2.33. The maximum Gasteiger partial charge on any atom is 0.313 e. The molecule has 0 radical (unpaired) electrons. The number of hydrogen-bond acceptors (Lipinski definition) is 5. The van der Waals surface area contributed by atoms with Crippen LogP contribution in [-0.2, 0) is 4.79 Å². The number of rotatable bonds is 6. The molecule has 0 heterocycles. The number of nitriles is 1. The van der Waals surface area contributed by atoms with Gasteiger partial charge in [-0.2, -0.15) is 5.26 Å². The molecular weight excluding hydrogens is 363 g/mol. The second-order valence-corrected chi connectivity index (χ2v) is 4.91. The molecule has 0 aliphatic rings. The monoisotopic (exact) mass is 374 g/mol. The van der Waals surface area contributed by atoms with Crippen LogP contribution in [0.25, 0.3) is 0 Å². The summed E-state index contributed by atoms with van der Waals surface area (Å²) in [7, 11) is 0. The summed E-state index contributed by atoms with van der Waals surface area (Å²) in [4.78, 5) is 21.7. The van der Waals surface area contributed by atoms with Gasteiger partial charge < -0.3 is 4.74 Å². The summed E-state index contributed by atoms with van der Waals surface area (Å²) in [5, 5.41) is 19.7. The molecule has 1 aromatic carbocycles. The summed E-state index contributed by atoms with van der Waals surface area (Å²) in [6, 6.07) is 4.46. The fourth-order valence-electron chi connectivity index (χ4n) is 1.43. The van der Waals surface area contributed by atoms with Crippen molar-refractivity contribution in [2.24, 2.45) is 0 Å². The molecule has 0 atom stereocenters. The van der Waals surface area contributed by atoms with Crippen LogP contribution in [0.2, 0.25) is 0 Å². The zero-order chi connectivity index (χ0) is 14.4. The first-order valence-electron chi connectivity index (χ1n) is 5.52. The number of nitrogens with zero attached hydrogens (tertiary/aromatic N) is 2. The van der Waals surface area contributed by atoms with Crippen molar-refractivity contribution < 1.29 is 14.5 Å². The quantitative estimate of drug-likeness (QED) is 0.434. The lowest BCUT2D eigenvalue weighted by Crippen LogP contribution is -2.12. The molecule has 0 saturated carbocycles. The number of carbonyl (C=O) groups is 1. The summed E-state index contributed by atoms with van der Waals surface area (Å²) in [6.45, 7) is 1.67. The fraction of sp³-hybridized carbons (Fsp3) is 0.333. The van der Waals surface area contributed by atoms with E-state index in [0.29, 0.717) is 16.4 Å². The highest BCUT2D eigenvalue weighted by Gasteiger charge is 2.21. The lowest BCUT2D eigenvalue weighted by atomic mass is 10.2. The lowest BCUT2D eigenvalue weighted by Gasteiger charge is -2.08. The summed E-state index contributed by atoms with van der Waals surface area (Å²) in [5.41, 5.74) is -0.115. The summed E-state index contributed by atoms with van der Waals surface area (Å²) in [6.07, 6.45) is 1.08. The number of nitro benzene ring substituents is 1. The number of carbonyl (C=O) groups excluding carboxylic acids is 1. The molecule has 0 fully saturated rings. The number of Topliss-reactive ketones (excluding diaryl/α,β-unsaturated/α-hetero) is 1. The summed E-state index contributed by atoms with van der Waals surface area (Å²) < 4.78 is 5.67. The van der Waals surface area contributed by atoms with Crippen LogP contribution in [0.15, 0.2) is 12.1 Å². The number of ketones is 1. The number of nitro groups is 1. The molecule has 0 spiro atoms. The molecule has 6 nitrogen and oxygen atoms in total. The average Bonchev–Trinajstić information content (AvgIpc) is 2.36. The van der Waals surface area contributed by atoms with E-state index < -0.39 is 4.92 Å². The van der Waals surface area contributed by atoms with Gasteiger partial charge in [-0.1, -0.05) is 6.92 Å². The van der Waals surface area contributed by atoms with Crippen molar-refractivity contribution in [3.8, 4) is 11.8 Å². The van der Waals surface area contributed by atoms with Crippen molar-refractivity contribution in [3.63, 3.8) is 0 Å². The van der Waals surface area contributed by atoms with Gasteiger partial charge in [-0.15, -0.1) is 0 Å². The third-order valence-electron chi connectivity index (χ3n) is 2.26. The Morgan fingerprint density at radius 2 is 2.26 bits per heavy atom. The number of benzene rings is 1. The van der Waals surface area contributed by atoms with Crippen LogP contribution in [0.3, 0.4) is 0 Å². The smallest absolute Gasteiger partial charge is 0.313 e. The fourth-order valence-corrected chi connectivity index (χ4v) is 2.19. The number of hydrogen-bond donors (Lipinski definition) is 0. The molecule has 1 aromatic rings. The minimum atomic E-state index is -0.622. The second kappa shape index (κ2) is 7.04. The van der Waals surface area contributed by atoms with Crippen LogP contribution in [0.4, 0.5) is 5.69 Å². The molecule has 0 bridgehead atoms. The molecule has 0 saturated heterocycles. The third kappa shape index (κ3) is 4.17. The predicted molar refractivity (Wildman–Crippen MR) is 75.9 cm³/mol. The normalized spacial score (nSPS) is 9.74. The Labute approximate surface area is 123 Å². The summed E-state index contributed by atoms with van der Waals surface area (Å²) in [5.74, 6) is -0.0778. The Hall–Kier alpha value is -1.69. The first-order chi connectivity index (χ1) is 8.99. The SMILES string of the molecule is CCCC(=O)COc1c(I)cc(C#N)cc1[N+](=O)[O-]. The Balaban J connectivity index is 3.03. The van der Waals surface area contributed by atoms with Gasteiger partial charge in [0.25, 0.3) is 0 Å². The van der Waals surface area contributed by atoms with E-state index in [0.717, 1.165) is 6.07 Å². The molecule has 0 aromatic heterocycles. The standard InChI is InChI=1S/C12H11IN2O4/c1-2-3-9(16)7-19-12-10(13)4-8(6-14)5-11(12)15(17)18/h4-5H,2-3,7H2,1H3. The maximum atomic E-state index is 11.4. The van der Waals surface area contributed by atoms with Gasteiger partial charge in [-0.05, 0) is 35.1 Å². The Kier molecular flexibility index (Phi) is 5.69. The largest absolute Gasteiger partial charge is 0.478 e.